The molecule has 0 saturated carbocycles. The van der Waals surface area contributed by atoms with Crippen molar-refractivity contribution in [3.8, 4) is 0 Å². The van der Waals surface area contributed by atoms with Crippen molar-refractivity contribution in [2.45, 2.75) is 13.3 Å². The van der Waals surface area contributed by atoms with Gasteiger partial charge in [0.15, 0.2) is 0 Å². The van der Waals surface area contributed by atoms with Crippen LogP contribution in [0.25, 0.3) is 0 Å². The SMILES string of the molecule is CCc1ccc(C(=O)N2CCN(C(=O)Nc3cccc([N+](=O)[O-])c3)CC2)cc1. The maximum Gasteiger partial charge on any atom is 0.321 e. The highest BCUT2D eigenvalue weighted by Crippen LogP contribution is 2.18. The summed E-state index contributed by atoms with van der Waals surface area (Å²) in [6.07, 6.45) is 0.923. The highest BCUT2D eigenvalue weighted by Gasteiger charge is 2.25. The van der Waals surface area contributed by atoms with Crippen LogP contribution in [0.15, 0.2) is 48.5 Å². The lowest BCUT2D eigenvalue weighted by atomic mass is 10.1. The number of rotatable bonds is 4. The summed E-state index contributed by atoms with van der Waals surface area (Å²) in [6.45, 7) is 3.75. The maximum atomic E-state index is 12.6. The normalized spacial score (nSPS) is 13.9. The van der Waals surface area contributed by atoms with Gasteiger partial charge in [-0.1, -0.05) is 25.1 Å². The van der Waals surface area contributed by atoms with Crippen LogP contribution in [0, 0.1) is 10.1 Å². The fourth-order valence-electron chi connectivity index (χ4n) is 3.08. The van der Waals surface area contributed by atoms with E-state index in [-0.39, 0.29) is 17.6 Å². The van der Waals surface area contributed by atoms with Gasteiger partial charge in [-0.25, -0.2) is 4.79 Å². The first-order valence-corrected chi connectivity index (χ1v) is 9.16. The number of nitrogens with one attached hydrogen (secondary N) is 1. The van der Waals surface area contributed by atoms with E-state index in [1.807, 2.05) is 24.3 Å². The van der Waals surface area contributed by atoms with E-state index < -0.39 is 4.92 Å². The summed E-state index contributed by atoms with van der Waals surface area (Å²) in [6, 6.07) is 13.1. The molecule has 8 heteroatoms. The fraction of sp³-hybridized carbons (Fsp3) is 0.300. The number of carbonyl (C=O) groups excluding carboxylic acids is 2. The van der Waals surface area contributed by atoms with Crippen molar-refractivity contribution in [1.82, 2.24) is 9.80 Å². The molecule has 0 unspecified atom stereocenters. The standard InChI is InChI=1S/C20H22N4O4/c1-2-15-6-8-16(9-7-15)19(25)22-10-12-23(13-11-22)20(26)21-17-4-3-5-18(14-17)24(27)28/h3-9,14H,2,10-13H2,1H3,(H,21,26). The molecule has 2 aromatic carbocycles. The third-order valence-corrected chi connectivity index (χ3v) is 4.77. The van der Waals surface area contributed by atoms with Crippen molar-refractivity contribution in [3.63, 3.8) is 0 Å². The zero-order valence-corrected chi connectivity index (χ0v) is 15.6. The molecular weight excluding hydrogens is 360 g/mol. The summed E-state index contributed by atoms with van der Waals surface area (Å²) in [4.78, 5) is 38.7. The molecule has 0 radical (unpaired) electrons. The second-order valence-corrected chi connectivity index (χ2v) is 6.57. The number of nitro benzene ring substituents is 1. The predicted octanol–water partition coefficient (Wildman–Crippen LogP) is 3.15. The Hall–Kier alpha value is -3.42. The molecule has 3 rings (SSSR count). The monoisotopic (exact) mass is 382 g/mol. The van der Waals surface area contributed by atoms with Crippen LogP contribution in [0.1, 0.15) is 22.8 Å². The molecule has 3 amide bonds. The molecule has 0 aromatic heterocycles. The number of carbonyl (C=O) groups is 2. The van der Waals surface area contributed by atoms with E-state index in [0.29, 0.717) is 37.4 Å². The molecule has 1 aliphatic rings. The number of hydrogen-bond donors (Lipinski definition) is 1. The number of nitro groups is 1. The van der Waals surface area contributed by atoms with Crippen LogP contribution in [0.4, 0.5) is 16.2 Å². The minimum atomic E-state index is -0.507. The van der Waals surface area contributed by atoms with E-state index in [1.54, 1.807) is 15.9 Å². The molecule has 8 nitrogen and oxygen atoms in total. The molecule has 0 atom stereocenters. The maximum absolute atomic E-state index is 12.6. The molecular formula is C20H22N4O4. The van der Waals surface area contributed by atoms with Gasteiger partial charge in [-0.05, 0) is 30.2 Å². The third-order valence-electron chi connectivity index (χ3n) is 4.77. The zero-order valence-electron chi connectivity index (χ0n) is 15.6. The van der Waals surface area contributed by atoms with Crippen molar-refractivity contribution in [1.29, 1.82) is 0 Å². The minimum absolute atomic E-state index is 0.0404. The summed E-state index contributed by atoms with van der Waals surface area (Å²) in [5.41, 5.74) is 2.11. The van der Waals surface area contributed by atoms with Gasteiger partial charge in [0, 0.05) is 49.6 Å². The van der Waals surface area contributed by atoms with Crippen molar-refractivity contribution < 1.29 is 14.5 Å². The highest BCUT2D eigenvalue weighted by atomic mass is 16.6. The quantitative estimate of drug-likeness (QED) is 0.649. The number of non-ortho nitro benzene ring substituents is 1. The second-order valence-electron chi connectivity index (χ2n) is 6.57. The van der Waals surface area contributed by atoms with E-state index in [0.717, 1.165) is 6.42 Å². The molecule has 1 fully saturated rings. The Morgan fingerprint density at radius 2 is 1.68 bits per heavy atom. The van der Waals surface area contributed by atoms with Gasteiger partial charge in [-0.2, -0.15) is 0 Å². The summed E-state index contributed by atoms with van der Waals surface area (Å²) >= 11 is 0. The minimum Gasteiger partial charge on any atom is -0.335 e. The molecule has 0 bridgehead atoms. The molecule has 1 heterocycles. The number of aryl methyl sites for hydroxylation is 1. The van der Waals surface area contributed by atoms with Crippen molar-refractivity contribution in [3.05, 3.63) is 69.8 Å². The van der Waals surface area contributed by atoms with Crippen LogP contribution in [-0.4, -0.2) is 52.8 Å². The topological polar surface area (TPSA) is 95.8 Å². The Morgan fingerprint density at radius 1 is 1.04 bits per heavy atom. The van der Waals surface area contributed by atoms with Crippen LogP contribution >= 0.6 is 0 Å². The summed E-state index contributed by atoms with van der Waals surface area (Å²) in [5, 5.41) is 13.5. The summed E-state index contributed by atoms with van der Waals surface area (Å²) in [5.74, 6) is -0.0404. The van der Waals surface area contributed by atoms with Crippen molar-refractivity contribution in [2.75, 3.05) is 31.5 Å². The van der Waals surface area contributed by atoms with Crippen LogP contribution in [-0.2, 0) is 6.42 Å². The summed E-state index contributed by atoms with van der Waals surface area (Å²) in [7, 11) is 0. The predicted molar refractivity (Wildman–Crippen MR) is 105 cm³/mol. The smallest absolute Gasteiger partial charge is 0.321 e. The van der Waals surface area contributed by atoms with Crippen molar-refractivity contribution in [2.24, 2.45) is 0 Å². The Kier molecular flexibility index (Phi) is 5.88. The first-order valence-electron chi connectivity index (χ1n) is 9.16. The van der Waals surface area contributed by atoms with Gasteiger partial charge in [-0.15, -0.1) is 0 Å². The number of anilines is 1. The highest BCUT2D eigenvalue weighted by molar-refractivity contribution is 5.94. The zero-order chi connectivity index (χ0) is 20.1. The Morgan fingerprint density at radius 3 is 2.29 bits per heavy atom. The van der Waals surface area contributed by atoms with Crippen molar-refractivity contribution >= 4 is 23.3 Å². The second kappa shape index (κ2) is 8.51. The van der Waals surface area contributed by atoms with E-state index in [9.17, 15) is 19.7 Å². The van der Waals surface area contributed by atoms with E-state index in [4.69, 9.17) is 0 Å². The number of amides is 3. The van der Waals surface area contributed by atoms with Gasteiger partial charge in [0.05, 0.1) is 4.92 Å². The van der Waals surface area contributed by atoms with Gasteiger partial charge in [0.1, 0.15) is 0 Å². The van der Waals surface area contributed by atoms with Gasteiger partial charge < -0.3 is 15.1 Å². The summed E-state index contributed by atoms with van der Waals surface area (Å²) < 4.78 is 0. The van der Waals surface area contributed by atoms with Crippen LogP contribution in [0.2, 0.25) is 0 Å². The first-order chi connectivity index (χ1) is 13.5. The number of benzene rings is 2. The lowest BCUT2D eigenvalue weighted by Crippen LogP contribution is -2.51. The van der Waals surface area contributed by atoms with Gasteiger partial charge in [-0.3, -0.25) is 14.9 Å². The molecule has 146 valence electrons. The lowest BCUT2D eigenvalue weighted by Gasteiger charge is -2.34. The molecule has 0 aliphatic carbocycles. The Bertz CT molecular complexity index is 874. The third kappa shape index (κ3) is 4.46. The first kappa shape index (κ1) is 19.3. The van der Waals surface area contributed by atoms with E-state index in [1.165, 1.54) is 23.8 Å². The van der Waals surface area contributed by atoms with Crippen LogP contribution in [0.5, 0.6) is 0 Å². The fourth-order valence-corrected chi connectivity index (χ4v) is 3.08. The van der Waals surface area contributed by atoms with E-state index in [2.05, 4.69) is 12.2 Å². The molecule has 28 heavy (non-hydrogen) atoms. The molecule has 1 saturated heterocycles. The average molecular weight is 382 g/mol. The number of piperazine rings is 1. The van der Waals surface area contributed by atoms with Gasteiger partial charge in [0.25, 0.3) is 11.6 Å². The lowest BCUT2D eigenvalue weighted by molar-refractivity contribution is -0.384. The number of nitrogens with zero attached hydrogens (tertiary/aromatic N) is 3. The van der Waals surface area contributed by atoms with Gasteiger partial charge in [0.2, 0.25) is 0 Å². The molecule has 2 aromatic rings. The molecule has 0 spiro atoms. The largest absolute Gasteiger partial charge is 0.335 e. The van der Waals surface area contributed by atoms with Crippen LogP contribution in [0.3, 0.4) is 0 Å². The Balaban J connectivity index is 1.55. The molecule has 1 N–H and O–H groups in total. The van der Waals surface area contributed by atoms with Crippen LogP contribution < -0.4 is 5.32 Å². The molecule has 1 aliphatic heterocycles. The average Bonchev–Trinajstić information content (AvgIpc) is 2.73. The van der Waals surface area contributed by atoms with E-state index >= 15 is 0 Å². The van der Waals surface area contributed by atoms with Gasteiger partial charge >= 0.3 is 6.03 Å². The Labute approximate surface area is 162 Å². The number of urea groups is 1. The number of hydrogen-bond acceptors (Lipinski definition) is 4.